The zero-order chi connectivity index (χ0) is 22.9. The molecule has 33 heavy (non-hydrogen) atoms. The summed E-state index contributed by atoms with van der Waals surface area (Å²) < 4.78 is 7.51. The third-order valence-electron chi connectivity index (χ3n) is 5.86. The summed E-state index contributed by atoms with van der Waals surface area (Å²) in [4.78, 5) is 27.1. The summed E-state index contributed by atoms with van der Waals surface area (Å²) in [6.45, 7) is 1.58. The molecule has 4 aromatic rings. The first-order valence-corrected chi connectivity index (χ1v) is 10.7. The van der Waals surface area contributed by atoms with Crippen molar-refractivity contribution in [2.75, 3.05) is 30.4 Å². The average Bonchev–Trinajstić information content (AvgIpc) is 3.48. The summed E-state index contributed by atoms with van der Waals surface area (Å²) in [5.74, 6) is 1.48. The van der Waals surface area contributed by atoms with Crippen LogP contribution in [0.25, 0.3) is 22.6 Å². The van der Waals surface area contributed by atoms with Crippen LogP contribution in [0.3, 0.4) is 0 Å². The van der Waals surface area contributed by atoms with Gasteiger partial charge in [-0.3, -0.25) is 10.1 Å². The normalized spacial score (nSPS) is 13.5. The third kappa shape index (κ3) is 3.79. The lowest BCUT2D eigenvalue weighted by Crippen LogP contribution is -2.19. The van der Waals surface area contributed by atoms with E-state index in [4.69, 9.17) is 4.74 Å². The van der Waals surface area contributed by atoms with Crippen molar-refractivity contribution in [2.24, 2.45) is 7.05 Å². The number of nitrogens with zero attached hydrogens (tertiary/aromatic N) is 6. The Balaban J connectivity index is 1.52. The number of rotatable bonds is 6. The highest BCUT2D eigenvalue weighted by molar-refractivity contribution is 5.80. The first-order valence-electron chi connectivity index (χ1n) is 10.7. The number of para-hydroxylation sites is 2. The molecule has 5 rings (SSSR count). The number of aryl methyl sites for hydroxylation is 1. The molecule has 0 radical (unpaired) electrons. The molecular formula is C23H23N7O3. The molecule has 0 bridgehead atoms. The molecule has 1 fully saturated rings. The Morgan fingerprint density at radius 1 is 1.12 bits per heavy atom. The van der Waals surface area contributed by atoms with Gasteiger partial charge in [-0.15, -0.1) is 0 Å². The number of anilines is 3. The summed E-state index contributed by atoms with van der Waals surface area (Å²) in [6.07, 6.45) is 3.66. The predicted molar refractivity (Wildman–Crippen MR) is 126 cm³/mol. The lowest BCUT2D eigenvalue weighted by atomic mass is 10.2. The van der Waals surface area contributed by atoms with E-state index in [1.165, 1.54) is 13.2 Å². The molecular weight excluding hydrogens is 422 g/mol. The zero-order valence-corrected chi connectivity index (χ0v) is 18.4. The van der Waals surface area contributed by atoms with Crippen molar-refractivity contribution in [3.05, 3.63) is 58.8 Å². The number of fused-ring (bicyclic) bond motifs is 1. The van der Waals surface area contributed by atoms with Gasteiger partial charge < -0.3 is 19.5 Å². The molecule has 168 valence electrons. The molecule has 1 aliphatic heterocycles. The fraction of sp³-hybridized carbons (Fsp3) is 0.261. The molecule has 1 N–H and O–H groups in total. The molecule has 0 unspecified atom stereocenters. The number of nitro benzene ring substituents is 1. The Labute approximate surface area is 190 Å². The number of aromatic nitrogens is 4. The monoisotopic (exact) mass is 445 g/mol. The molecule has 0 atom stereocenters. The van der Waals surface area contributed by atoms with Gasteiger partial charge in [-0.05, 0) is 31.0 Å². The number of ether oxygens (including phenoxy) is 1. The molecule has 2 aromatic carbocycles. The Hall–Kier alpha value is -4.21. The summed E-state index contributed by atoms with van der Waals surface area (Å²) in [5.41, 5.74) is 3.51. The SMILES string of the molecule is COc1cc(N2CCCC2)c([N+](=O)[O-])cc1Nc1nccc(-c2nc3ccccc3n2C)n1. The largest absolute Gasteiger partial charge is 0.494 e. The van der Waals surface area contributed by atoms with Gasteiger partial charge in [0, 0.05) is 38.5 Å². The second-order valence-corrected chi connectivity index (χ2v) is 7.87. The van der Waals surface area contributed by atoms with Gasteiger partial charge >= 0.3 is 0 Å². The topological polar surface area (TPSA) is 111 Å². The number of nitro groups is 1. The van der Waals surface area contributed by atoms with E-state index in [2.05, 4.69) is 20.3 Å². The van der Waals surface area contributed by atoms with Crippen molar-refractivity contribution in [3.63, 3.8) is 0 Å². The maximum absolute atomic E-state index is 11.8. The maximum atomic E-state index is 11.8. The maximum Gasteiger partial charge on any atom is 0.294 e. The second kappa shape index (κ2) is 8.38. The van der Waals surface area contributed by atoms with Gasteiger partial charge in [0.25, 0.3) is 5.69 Å². The number of benzene rings is 2. The van der Waals surface area contributed by atoms with Crippen molar-refractivity contribution in [3.8, 4) is 17.3 Å². The summed E-state index contributed by atoms with van der Waals surface area (Å²) >= 11 is 0. The molecule has 0 amide bonds. The van der Waals surface area contributed by atoms with Crippen LogP contribution in [0.2, 0.25) is 0 Å². The van der Waals surface area contributed by atoms with E-state index < -0.39 is 0 Å². The van der Waals surface area contributed by atoms with Gasteiger partial charge in [0.05, 0.1) is 28.8 Å². The van der Waals surface area contributed by atoms with Crippen LogP contribution in [-0.2, 0) is 7.05 Å². The Bertz CT molecular complexity index is 1350. The van der Waals surface area contributed by atoms with Crippen LogP contribution in [0.15, 0.2) is 48.7 Å². The molecule has 10 nitrogen and oxygen atoms in total. The lowest BCUT2D eigenvalue weighted by Gasteiger charge is -2.20. The first kappa shape index (κ1) is 20.7. The van der Waals surface area contributed by atoms with E-state index >= 15 is 0 Å². The Morgan fingerprint density at radius 2 is 1.91 bits per heavy atom. The van der Waals surface area contributed by atoms with E-state index in [9.17, 15) is 10.1 Å². The highest BCUT2D eigenvalue weighted by Gasteiger charge is 2.25. The smallest absolute Gasteiger partial charge is 0.294 e. The molecule has 0 spiro atoms. The van der Waals surface area contributed by atoms with E-state index in [0.29, 0.717) is 34.6 Å². The molecule has 1 aliphatic rings. The van der Waals surface area contributed by atoms with Crippen LogP contribution in [0.5, 0.6) is 5.75 Å². The molecule has 2 aromatic heterocycles. The Kier molecular flexibility index (Phi) is 5.25. The highest BCUT2D eigenvalue weighted by atomic mass is 16.6. The fourth-order valence-electron chi connectivity index (χ4n) is 4.22. The number of nitrogens with one attached hydrogen (secondary N) is 1. The summed E-state index contributed by atoms with van der Waals surface area (Å²) in [6, 6.07) is 12.8. The number of methoxy groups -OCH3 is 1. The van der Waals surface area contributed by atoms with Gasteiger partial charge in [-0.25, -0.2) is 15.0 Å². The van der Waals surface area contributed by atoms with Crippen molar-refractivity contribution < 1.29 is 9.66 Å². The number of hydrogen-bond donors (Lipinski definition) is 1. The molecule has 10 heteroatoms. The molecule has 0 saturated carbocycles. The van der Waals surface area contributed by atoms with E-state index in [-0.39, 0.29) is 10.6 Å². The zero-order valence-electron chi connectivity index (χ0n) is 18.4. The first-order chi connectivity index (χ1) is 16.0. The second-order valence-electron chi connectivity index (χ2n) is 7.87. The average molecular weight is 445 g/mol. The van der Waals surface area contributed by atoms with Gasteiger partial charge in [0.2, 0.25) is 5.95 Å². The summed E-state index contributed by atoms with van der Waals surface area (Å²) in [7, 11) is 3.47. The standard InChI is InChI=1S/C23H23N7O3/c1-28-18-8-4-3-7-15(18)25-22(28)16-9-10-24-23(26-16)27-17-13-20(30(31)32)19(14-21(17)33-2)29-11-5-6-12-29/h3-4,7-10,13-14H,5-6,11-12H2,1-2H3,(H,24,26,27). The van der Waals surface area contributed by atoms with Gasteiger partial charge in [-0.2, -0.15) is 0 Å². The van der Waals surface area contributed by atoms with Crippen LogP contribution in [0.1, 0.15) is 12.8 Å². The van der Waals surface area contributed by atoms with Crippen molar-refractivity contribution >= 4 is 34.0 Å². The molecule has 1 saturated heterocycles. The van der Waals surface area contributed by atoms with Crippen LogP contribution in [0.4, 0.5) is 23.0 Å². The minimum atomic E-state index is -0.366. The number of imidazole rings is 1. The van der Waals surface area contributed by atoms with Crippen molar-refractivity contribution in [1.82, 2.24) is 19.5 Å². The van der Waals surface area contributed by atoms with Crippen LogP contribution in [-0.4, -0.2) is 44.6 Å². The number of hydrogen-bond acceptors (Lipinski definition) is 8. The quantitative estimate of drug-likeness (QED) is 0.346. The van der Waals surface area contributed by atoms with E-state index in [0.717, 1.165) is 37.0 Å². The highest BCUT2D eigenvalue weighted by Crippen LogP contribution is 2.40. The lowest BCUT2D eigenvalue weighted by molar-refractivity contribution is -0.384. The fourth-order valence-corrected chi connectivity index (χ4v) is 4.22. The minimum absolute atomic E-state index is 0.0201. The van der Waals surface area contributed by atoms with Gasteiger partial charge in [0.1, 0.15) is 17.1 Å². The van der Waals surface area contributed by atoms with Crippen molar-refractivity contribution in [2.45, 2.75) is 12.8 Å². The molecule has 3 heterocycles. The minimum Gasteiger partial charge on any atom is -0.494 e. The predicted octanol–water partition coefficient (Wildman–Crippen LogP) is 4.29. The molecule has 0 aliphatic carbocycles. The van der Waals surface area contributed by atoms with E-state index in [1.54, 1.807) is 18.3 Å². The van der Waals surface area contributed by atoms with Gasteiger partial charge in [0.15, 0.2) is 5.82 Å². The summed E-state index contributed by atoms with van der Waals surface area (Å²) in [5, 5.41) is 14.9. The Morgan fingerprint density at radius 3 is 2.64 bits per heavy atom. The third-order valence-corrected chi connectivity index (χ3v) is 5.86. The van der Waals surface area contributed by atoms with Gasteiger partial charge in [-0.1, -0.05) is 12.1 Å². The van der Waals surface area contributed by atoms with Crippen molar-refractivity contribution in [1.29, 1.82) is 0 Å². The van der Waals surface area contributed by atoms with Crippen LogP contribution < -0.4 is 15.0 Å². The van der Waals surface area contributed by atoms with Crippen LogP contribution in [0, 0.1) is 10.1 Å². The van der Waals surface area contributed by atoms with Crippen LogP contribution >= 0.6 is 0 Å². The van der Waals surface area contributed by atoms with E-state index in [1.807, 2.05) is 40.8 Å².